The van der Waals surface area contributed by atoms with Gasteiger partial charge in [0.25, 0.3) is 5.91 Å². The van der Waals surface area contributed by atoms with Crippen molar-refractivity contribution in [2.45, 2.75) is 39.8 Å². The Kier molecular flexibility index (Phi) is 5.21. The van der Waals surface area contributed by atoms with Crippen molar-refractivity contribution in [3.05, 3.63) is 65.2 Å². The van der Waals surface area contributed by atoms with E-state index in [9.17, 15) is 4.79 Å². The van der Waals surface area contributed by atoms with Gasteiger partial charge in [-0.25, -0.2) is 0 Å². The van der Waals surface area contributed by atoms with Gasteiger partial charge in [-0.2, -0.15) is 0 Å². The lowest BCUT2D eigenvalue weighted by molar-refractivity contribution is -0.127. The van der Waals surface area contributed by atoms with Gasteiger partial charge in [-0.1, -0.05) is 36.4 Å². The van der Waals surface area contributed by atoms with Gasteiger partial charge in [0.05, 0.1) is 6.04 Å². The van der Waals surface area contributed by atoms with E-state index in [-0.39, 0.29) is 11.9 Å². The molecule has 2 atom stereocenters. The summed E-state index contributed by atoms with van der Waals surface area (Å²) >= 11 is 0. The van der Waals surface area contributed by atoms with E-state index in [0.29, 0.717) is 0 Å². The highest BCUT2D eigenvalue weighted by Gasteiger charge is 2.17. The SMILES string of the molecule is Cc1ccc(O[C@@H](C)C(=O)N[C@@H](C)c2ccccc2)cc1C. The molecule has 0 bridgehead atoms. The molecule has 2 rings (SSSR count). The first kappa shape index (κ1) is 16.1. The van der Waals surface area contributed by atoms with Crippen LogP contribution in [-0.4, -0.2) is 12.0 Å². The summed E-state index contributed by atoms with van der Waals surface area (Å²) in [5.41, 5.74) is 3.44. The molecular weight excluding hydrogens is 274 g/mol. The molecule has 1 N–H and O–H groups in total. The summed E-state index contributed by atoms with van der Waals surface area (Å²) in [6, 6.07) is 15.7. The molecule has 22 heavy (non-hydrogen) atoms. The maximum Gasteiger partial charge on any atom is 0.261 e. The summed E-state index contributed by atoms with van der Waals surface area (Å²) < 4.78 is 5.74. The average Bonchev–Trinajstić information content (AvgIpc) is 2.51. The summed E-state index contributed by atoms with van der Waals surface area (Å²) in [6.45, 7) is 7.82. The lowest BCUT2D eigenvalue weighted by Crippen LogP contribution is -2.37. The van der Waals surface area contributed by atoms with E-state index in [1.807, 2.05) is 62.4 Å². The molecule has 0 heterocycles. The highest BCUT2D eigenvalue weighted by molar-refractivity contribution is 5.81. The number of nitrogens with one attached hydrogen (secondary N) is 1. The van der Waals surface area contributed by atoms with Gasteiger partial charge >= 0.3 is 0 Å². The van der Waals surface area contributed by atoms with E-state index < -0.39 is 6.10 Å². The summed E-state index contributed by atoms with van der Waals surface area (Å²) in [7, 11) is 0. The molecule has 0 radical (unpaired) electrons. The Bertz CT molecular complexity index is 637. The van der Waals surface area contributed by atoms with Crippen LogP contribution in [0.4, 0.5) is 0 Å². The van der Waals surface area contributed by atoms with Crippen LogP contribution < -0.4 is 10.1 Å². The predicted molar refractivity (Wildman–Crippen MR) is 89.0 cm³/mol. The highest BCUT2D eigenvalue weighted by Crippen LogP contribution is 2.18. The molecule has 116 valence electrons. The number of hydrogen-bond acceptors (Lipinski definition) is 2. The van der Waals surface area contributed by atoms with E-state index in [1.165, 1.54) is 5.56 Å². The van der Waals surface area contributed by atoms with Crippen LogP contribution in [0, 0.1) is 13.8 Å². The van der Waals surface area contributed by atoms with Crippen LogP contribution in [0.5, 0.6) is 5.75 Å². The zero-order valence-corrected chi connectivity index (χ0v) is 13.6. The lowest BCUT2D eigenvalue weighted by atomic mass is 10.1. The minimum atomic E-state index is -0.534. The van der Waals surface area contributed by atoms with Gasteiger partial charge < -0.3 is 10.1 Å². The molecule has 3 heteroatoms. The summed E-state index contributed by atoms with van der Waals surface area (Å²) in [4.78, 5) is 12.2. The van der Waals surface area contributed by atoms with Crippen LogP contribution in [0.25, 0.3) is 0 Å². The number of ether oxygens (including phenoxy) is 1. The quantitative estimate of drug-likeness (QED) is 0.907. The number of hydrogen-bond donors (Lipinski definition) is 1. The topological polar surface area (TPSA) is 38.3 Å². The van der Waals surface area contributed by atoms with Gasteiger partial charge in [-0.3, -0.25) is 4.79 Å². The minimum Gasteiger partial charge on any atom is -0.481 e. The molecule has 0 aliphatic rings. The third kappa shape index (κ3) is 4.10. The number of rotatable bonds is 5. The number of amides is 1. The molecule has 0 unspecified atom stereocenters. The van der Waals surface area contributed by atoms with Crippen LogP contribution in [0.3, 0.4) is 0 Å². The molecule has 3 nitrogen and oxygen atoms in total. The average molecular weight is 297 g/mol. The Morgan fingerprint density at radius 2 is 1.68 bits per heavy atom. The van der Waals surface area contributed by atoms with Crippen molar-refractivity contribution in [2.24, 2.45) is 0 Å². The van der Waals surface area contributed by atoms with E-state index in [0.717, 1.165) is 16.9 Å². The standard InChI is InChI=1S/C19H23NO2/c1-13-10-11-18(12-14(13)2)22-16(4)19(21)20-15(3)17-8-6-5-7-9-17/h5-12,15-16H,1-4H3,(H,20,21)/t15-,16-/m0/s1. The molecule has 0 aliphatic carbocycles. The predicted octanol–water partition coefficient (Wildman–Crippen LogP) is 3.95. The molecule has 0 saturated heterocycles. The van der Waals surface area contributed by atoms with Gasteiger partial charge in [-0.05, 0) is 56.5 Å². The fourth-order valence-electron chi connectivity index (χ4n) is 2.20. The van der Waals surface area contributed by atoms with E-state index >= 15 is 0 Å². The van der Waals surface area contributed by atoms with Crippen LogP contribution in [0.1, 0.15) is 36.6 Å². The van der Waals surface area contributed by atoms with Gasteiger partial charge in [0.15, 0.2) is 6.10 Å². The second-order valence-electron chi connectivity index (χ2n) is 5.65. The molecule has 1 amide bonds. The second-order valence-corrected chi connectivity index (χ2v) is 5.65. The van der Waals surface area contributed by atoms with Crippen LogP contribution in [-0.2, 0) is 4.79 Å². The third-order valence-electron chi connectivity index (χ3n) is 3.82. The monoisotopic (exact) mass is 297 g/mol. The molecule has 0 aromatic heterocycles. The third-order valence-corrected chi connectivity index (χ3v) is 3.82. The maximum atomic E-state index is 12.2. The van der Waals surface area contributed by atoms with Crippen molar-refractivity contribution >= 4 is 5.91 Å². The van der Waals surface area contributed by atoms with Crippen LogP contribution >= 0.6 is 0 Å². The zero-order chi connectivity index (χ0) is 16.1. The molecule has 0 saturated carbocycles. The van der Waals surface area contributed by atoms with Crippen molar-refractivity contribution < 1.29 is 9.53 Å². The minimum absolute atomic E-state index is 0.0421. The summed E-state index contributed by atoms with van der Waals surface area (Å²) in [5, 5.41) is 2.98. The normalized spacial score (nSPS) is 13.3. The van der Waals surface area contributed by atoms with Gasteiger partial charge in [-0.15, -0.1) is 0 Å². The number of carbonyl (C=O) groups is 1. The Balaban J connectivity index is 1.95. The lowest BCUT2D eigenvalue weighted by Gasteiger charge is -2.19. The first-order valence-corrected chi connectivity index (χ1v) is 7.56. The van der Waals surface area contributed by atoms with Crippen LogP contribution in [0.2, 0.25) is 0 Å². The fourth-order valence-corrected chi connectivity index (χ4v) is 2.20. The van der Waals surface area contributed by atoms with Crippen molar-refractivity contribution in [1.29, 1.82) is 0 Å². The van der Waals surface area contributed by atoms with Gasteiger partial charge in [0.2, 0.25) is 0 Å². The highest BCUT2D eigenvalue weighted by atomic mass is 16.5. The van der Waals surface area contributed by atoms with E-state index in [4.69, 9.17) is 4.74 Å². The largest absolute Gasteiger partial charge is 0.481 e. The van der Waals surface area contributed by atoms with E-state index in [2.05, 4.69) is 12.2 Å². The molecule has 0 aliphatic heterocycles. The van der Waals surface area contributed by atoms with Gasteiger partial charge in [0.1, 0.15) is 5.75 Å². The molecule has 0 fully saturated rings. The summed E-state index contributed by atoms with van der Waals surface area (Å²) in [5.74, 6) is 0.604. The number of aryl methyl sites for hydroxylation is 2. The number of benzene rings is 2. The maximum absolute atomic E-state index is 12.2. The Hall–Kier alpha value is -2.29. The van der Waals surface area contributed by atoms with Crippen LogP contribution in [0.15, 0.2) is 48.5 Å². The first-order valence-electron chi connectivity index (χ1n) is 7.56. The zero-order valence-electron chi connectivity index (χ0n) is 13.6. The fraction of sp³-hybridized carbons (Fsp3) is 0.316. The smallest absolute Gasteiger partial charge is 0.261 e. The molecule has 0 spiro atoms. The Morgan fingerprint density at radius 3 is 2.32 bits per heavy atom. The van der Waals surface area contributed by atoms with Crippen molar-refractivity contribution in [2.75, 3.05) is 0 Å². The molecule has 2 aromatic rings. The number of carbonyl (C=O) groups excluding carboxylic acids is 1. The Labute approximate surface area is 132 Å². The second kappa shape index (κ2) is 7.12. The Morgan fingerprint density at radius 1 is 1.00 bits per heavy atom. The van der Waals surface area contributed by atoms with Crippen molar-refractivity contribution in [3.8, 4) is 5.75 Å². The van der Waals surface area contributed by atoms with Crippen molar-refractivity contribution in [1.82, 2.24) is 5.32 Å². The first-order chi connectivity index (χ1) is 10.5. The van der Waals surface area contributed by atoms with Gasteiger partial charge in [0, 0.05) is 0 Å². The van der Waals surface area contributed by atoms with E-state index in [1.54, 1.807) is 6.92 Å². The molecular formula is C19H23NO2. The van der Waals surface area contributed by atoms with Crippen molar-refractivity contribution in [3.63, 3.8) is 0 Å². The summed E-state index contributed by atoms with van der Waals surface area (Å²) in [6.07, 6.45) is -0.534. The molecule has 2 aromatic carbocycles.